The zero-order valence-electron chi connectivity index (χ0n) is 20.4. The van der Waals surface area contributed by atoms with Crippen molar-refractivity contribution in [3.05, 3.63) is 69.2 Å². The minimum Gasteiger partial charge on any atom is -0.383 e. The lowest BCUT2D eigenvalue weighted by Gasteiger charge is -2.34. The van der Waals surface area contributed by atoms with Gasteiger partial charge < -0.3 is 15.0 Å². The third kappa shape index (κ3) is 5.76. The standard InChI is InChI=1S/C27H33BrN4O3/c1-3-24(31(17-18-35-2)27(34)29-20-9-5-4-6-10-20)25-30-23-12-8-7-11-22(23)26(33)32(25)21-15-13-19(28)14-16-21/h7-8,11-16,20,24H,3-6,9-10,17-18H2,1-2H3,(H,29,34). The molecule has 0 aliphatic heterocycles. The van der Waals surface area contributed by atoms with Crippen molar-refractivity contribution in [2.24, 2.45) is 0 Å². The molecule has 1 heterocycles. The monoisotopic (exact) mass is 540 g/mol. The Morgan fingerprint density at radius 3 is 2.57 bits per heavy atom. The third-order valence-electron chi connectivity index (χ3n) is 6.68. The SMILES string of the molecule is CCC(c1nc2ccccc2c(=O)n1-c1ccc(Br)cc1)N(CCOC)C(=O)NC1CCCCC1. The fourth-order valence-electron chi connectivity index (χ4n) is 4.85. The molecule has 1 unspecified atom stereocenters. The quantitative estimate of drug-likeness (QED) is 0.404. The molecule has 8 heteroatoms. The van der Waals surface area contributed by atoms with Crippen LogP contribution >= 0.6 is 15.9 Å². The summed E-state index contributed by atoms with van der Waals surface area (Å²) < 4.78 is 7.92. The number of amides is 2. The van der Waals surface area contributed by atoms with Crippen LogP contribution in [0, 0.1) is 0 Å². The Hall–Kier alpha value is -2.71. The molecular formula is C27H33BrN4O3. The average molecular weight is 541 g/mol. The number of para-hydroxylation sites is 1. The van der Waals surface area contributed by atoms with Crippen molar-refractivity contribution in [1.82, 2.24) is 19.8 Å². The Balaban J connectivity index is 1.82. The van der Waals surface area contributed by atoms with Crippen LogP contribution in [-0.2, 0) is 4.74 Å². The van der Waals surface area contributed by atoms with Crippen molar-refractivity contribution in [2.75, 3.05) is 20.3 Å². The van der Waals surface area contributed by atoms with Crippen molar-refractivity contribution in [1.29, 1.82) is 0 Å². The Kier molecular flexibility index (Phi) is 8.57. The van der Waals surface area contributed by atoms with E-state index in [4.69, 9.17) is 9.72 Å². The second-order valence-corrected chi connectivity index (χ2v) is 9.91. The maximum atomic E-state index is 13.7. The molecule has 1 aliphatic rings. The number of halogens is 1. The zero-order valence-corrected chi connectivity index (χ0v) is 22.0. The van der Waals surface area contributed by atoms with Gasteiger partial charge in [-0.2, -0.15) is 0 Å². The van der Waals surface area contributed by atoms with Gasteiger partial charge in [-0.1, -0.05) is 54.2 Å². The molecule has 1 fully saturated rings. The van der Waals surface area contributed by atoms with Crippen LogP contribution in [0.1, 0.15) is 57.3 Å². The summed E-state index contributed by atoms with van der Waals surface area (Å²) in [5, 5.41) is 3.79. The van der Waals surface area contributed by atoms with E-state index < -0.39 is 6.04 Å². The van der Waals surface area contributed by atoms with E-state index in [-0.39, 0.29) is 17.6 Å². The van der Waals surface area contributed by atoms with E-state index in [2.05, 4.69) is 21.2 Å². The number of methoxy groups -OCH3 is 1. The van der Waals surface area contributed by atoms with E-state index in [1.807, 2.05) is 49.4 Å². The van der Waals surface area contributed by atoms with Gasteiger partial charge in [0.2, 0.25) is 0 Å². The van der Waals surface area contributed by atoms with Crippen LogP contribution in [0.5, 0.6) is 0 Å². The van der Waals surface area contributed by atoms with Gasteiger partial charge in [0.25, 0.3) is 5.56 Å². The summed E-state index contributed by atoms with van der Waals surface area (Å²) >= 11 is 3.48. The number of hydrogen-bond acceptors (Lipinski definition) is 4. The van der Waals surface area contributed by atoms with Crippen LogP contribution in [0.25, 0.3) is 16.6 Å². The lowest BCUT2D eigenvalue weighted by Crippen LogP contribution is -2.49. The first-order valence-electron chi connectivity index (χ1n) is 12.4. The van der Waals surface area contributed by atoms with Gasteiger partial charge in [-0.25, -0.2) is 9.78 Å². The number of nitrogens with zero attached hydrogens (tertiary/aromatic N) is 3. The second kappa shape index (κ2) is 11.8. The molecule has 1 atom stereocenters. The van der Waals surface area contributed by atoms with Crippen LogP contribution in [0.3, 0.4) is 0 Å². The predicted octanol–water partition coefficient (Wildman–Crippen LogP) is 5.59. The number of aromatic nitrogens is 2. The first-order valence-corrected chi connectivity index (χ1v) is 13.2. The molecule has 7 nitrogen and oxygen atoms in total. The molecule has 2 aromatic carbocycles. The van der Waals surface area contributed by atoms with Crippen LogP contribution in [0.2, 0.25) is 0 Å². The highest BCUT2D eigenvalue weighted by Crippen LogP contribution is 2.27. The summed E-state index contributed by atoms with van der Waals surface area (Å²) in [6.45, 7) is 2.81. The van der Waals surface area contributed by atoms with E-state index in [1.54, 1.807) is 22.6 Å². The Morgan fingerprint density at radius 2 is 1.89 bits per heavy atom. The lowest BCUT2D eigenvalue weighted by atomic mass is 9.96. The fourth-order valence-corrected chi connectivity index (χ4v) is 5.11. The second-order valence-electron chi connectivity index (χ2n) is 9.00. The number of benzene rings is 2. The van der Waals surface area contributed by atoms with Crippen LogP contribution < -0.4 is 10.9 Å². The minimum atomic E-state index is -0.408. The van der Waals surface area contributed by atoms with Gasteiger partial charge in [-0.3, -0.25) is 9.36 Å². The third-order valence-corrected chi connectivity index (χ3v) is 7.21. The van der Waals surface area contributed by atoms with E-state index >= 15 is 0 Å². The number of fused-ring (bicyclic) bond motifs is 1. The highest BCUT2D eigenvalue weighted by atomic mass is 79.9. The molecule has 3 aromatic rings. The van der Waals surface area contributed by atoms with E-state index in [9.17, 15) is 9.59 Å². The molecule has 35 heavy (non-hydrogen) atoms. The molecule has 1 saturated carbocycles. The van der Waals surface area contributed by atoms with Crippen molar-refractivity contribution in [2.45, 2.75) is 57.5 Å². The number of carbonyl (C=O) groups is 1. The Labute approximate surface area is 214 Å². The predicted molar refractivity (Wildman–Crippen MR) is 142 cm³/mol. The molecule has 0 radical (unpaired) electrons. The zero-order chi connectivity index (χ0) is 24.8. The van der Waals surface area contributed by atoms with Crippen LogP contribution in [0.15, 0.2) is 57.8 Å². The van der Waals surface area contributed by atoms with E-state index in [1.165, 1.54) is 6.42 Å². The highest BCUT2D eigenvalue weighted by molar-refractivity contribution is 9.10. The van der Waals surface area contributed by atoms with Gasteiger partial charge >= 0.3 is 6.03 Å². The molecule has 0 bridgehead atoms. The summed E-state index contributed by atoms with van der Waals surface area (Å²) in [5.41, 5.74) is 1.19. The van der Waals surface area contributed by atoms with Gasteiger partial charge in [-0.15, -0.1) is 0 Å². The van der Waals surface area contributed by atoms with Gasteiger partial charge in [0.1, 0.15) is 5.82 Å². The number of ether oxygens (including phenoxy) is 1. The molecule has 0 saturated heterocycles. The van der Waals surface area contributed by atoms with Crippen molar-refractivity contribution >= 4 is 32.9 Å². The van der Waals surface area contributed by atoms with Crippen molar-refractivity contribution < 1.29 is 9.53 Å². The first-order chi connectivity index (χ1) is 17.0. The Morgan fingerprint density at radius 1 is 1.17 bits per heavy atom. The van der Waals surface area contributed by atoms with Crippen LogP contribution in [0.4, 0.5) is 4.79 Å². The average Bonchev–Trinajstić information content (AvgIpc) is 2.88. The van der Waals surface area contributed by atoms with Gasteiger partial charge in [0.15, 0.2) is 0 Å². The maximum absolute atomic E-state index is 13.7. The van der Waals surface area contributed by atoms with Gasteiger partial charge in [0.05, 0.1) is 29.2 Å². The molecule has 1 aliphatic carbocycles. The smallest absolute Gasteiger partial charge is 0.318 e. The molecule has 2 amide bonds. The first kappa shape index (κ1) is 25.4. The highest BCUT2D eigenvalue weighted by Gasteiger charge is 2.30. The summed E-state index contributed by atoms with van der Waals surface area (Å²) in [6, 6.07) is 14.6. The fraction of sp³-hybridized carbons (Fsp3) is 0.444. The summed E-state index contributed by atoms with van der Waals surface area (Å²) in [6.07, 6.45) is 6.09. The van der Waals surface area contributed by atoms with E-state index in [0.29, 0.717) is 42.0 Å². The number of urea groups is 1. The molecule has 4 rings (SSSR count). The topological polar surface area (TPSA) is 76.5 Å². The van der Waals surface area contributed by atoms with Crippen molar-refractivity contribution in [3.8, 4) is 5.69 Å². The summed E-state index contributed by atoms with van der Waals surface area (Å²) in [5.74, 6) is 0.549. The maximum Gasteiger partial charge on any atom is 0.318 e. The number of hydrogen-bond donors (Lipinski definition) is 1. The lowest BCUT2D eigenvalue weighted by molar-refractivity contribution is 0.121. The van der Waals surface area contributed by atoms with Gasteiger partial charge in [-0.05, 0) is 55.7 Å². The van der Waals surface area contributed by atoms with Crippen molar-refractivity contribution in [3.63, 3.8) is 0 Å². The molecular weight excluding hydrogens is 508 g/mol. The van der Waals surface area contributed by atoms with Crippen LogP contribution in [-0.4, -0.2) is 46.8 Å². The largest absolute Gasteiger partial charge is 0.383 e. The molecule has 0 spiro atoms. The Bertz CT molecular complexity index is 1210. The van der Waals surface area contributed by atoms with E-state index in [0.717, 1.165) is 30.2 Å². The minimum absolute atomic E-state index is 0.134. The number of carbonyl (C=O) groups excluding carboxylic acids is 1. The molecule has 1 aromatic heterocycles. The summed E-state index contributed by atoms with van der Waals surface area (Å²) in [7, 11) is 1.63. The number of rotatable bonds is 8. The number of nitrogens with one attached hydrogen (secondary N) is 1. The summed E-state index contributed by atoms with van der Waals surface area (Å²) in [4.78, 5) is 34.1. The molecule has 186 valence electrons. The van der Waals surface area contributed by atoms with Gasteiger partial charge in [0, 0.05) is 24.2 Å². The molecule has 1 N–H and O–H groups in total. The normalized spacial score (nSPS) is 15.2.